The lowest BCUT2D eigenvalue weighted by atomic mass is 10.0. The number of carbonyl (C=O) groups is 2. The number of unbranched alkanes of at least 4 members (excludes halogenated alkanes) is 22. The van der Waals surface area contributed by atoms with Crippen LogP contribution in [0.1, 0.15) is 187 Å². The third-order valence-electron chi connectivity index (χ3n) is 8.10. The predicted molar refractivity (Wildman–Crippen MR) is 159 cm³/mol. The van der Waals surface area contributed by atoms with E-state index in [1.54, 1.807) is 6.08 Å². The molecule has 0 aliphatic carbocycles. The summed E-state index contributed by atoms with van der Waals surface area (Å²) in [7, 11) is 0. The van der Waals surface area contributed by atoms with E-state index >= 15 is 0 Å². The van der Waals surface area contributed by atoms with Crippen molar-refractivity contribution in [1.29, 1.82) is 0 Å². The summed E-state index contributed by atoms with van der Waals surface area (Å²) in [5.74, 6) is 0.322. The van der Waals surface area contributed by atoms with Gasteiger partial charge in [0.2, 0.25) is 0 Å². The summed E-state index contributed by atoms with van der Waals surface area (Å²) in [6.07, 6.45) is 36.1. The van der Waals surface area contributed by atoms with Gasteiger partial charge in [-0.2, -0.15) is 0 Å². The summed E-state index contributed by atoms with van der Waals surface area (Å²) >= 11 is 0. The Balaban J connectivity index is 1.72. The Morgan fingerprint density at radius 3 is 1.30 bits per heavy atom. The molecule has 0 amide bonds. The number of carbonyl (C=O) groups excluding carboxylic acids is 2. The van der Waals surface area contributed by atoms with E-state index in [9.17, 15) is 9.59 Å². The number of Topliss-reactive ketones (excluding diaryl/α,β-unsaturated/α-hetero) is 1. The average Bonchev–Trinajstić information content (AvgIpc) is 3.21. The van der Waals surface area contributed by atoms with Crippen LogP contribution in [-0.4, -0.2) is 17.9 Å². The quantitative estimate of drug-likeness (QED) is 0.0764. The zero-order valence-electron chi connectivity index (χ0n) is 25.0. The standard InChI is InChI=1S/C34H62O3/c1-3-4-5-6-7-8-9-10-11-12-13-16-19-22-25-28-33(35)29-26-23-20-17-14-15-18-21-24-27-32-30-34(36)37-31(32)2/h30-31H,3-29H2,1-2H3/t31-/m0/s1. The molecule has 0 saturated carbocycles. The number of hydrogen-bond donors (Lipinski definition) is 0. The molecule has 0 fully saturated rings. The van der Waals surface area contributed by atoms with Gasteiger partial charge in [-0.1, -0.05) is 142 Å². The third kappa shape index (κ3) is 21.5. The van der Waals surface area contributed by atoms with E-state index in [1.807, 2.05) is 6.92 Å². The summed E-state index contributed by atoms with van der Waals surface area (Å²) in [6, 6.07) is 0. The second kappa shape index (κ2) is 25.2. The van der Waals surface area contributed by atoms with Gasteiger partial charge in [-0.3, -0.25) is 4.79 Å². The van der Waals surface area contributed by atoms with Crippen molar-refractivity contribution in [2.75, 3.05) is 0 Å². The Bertz CT molecular complexity index is 580. The van der Waals surface area contributed by atoms with Gasteiger partial charge in [0.1, 0.15) is 11.9 Å². The van der Waals surface area contributed by atoms with E-state index in [1.165, 1.54) is 140 Å². The van der Waals surface area contributed by atoms with Crippen LogP contribution < -0.4 is 0 Å². The minimum Gasteiger partial charge on any atom is -0.455 e. The van der Waals surface area contributed by atoms with E-state index in [-0.39, 0.29) is 12.1 Å². The Morgan fingerprint density at radius 2 is 0.946 bits per heavy atom. The van der Waals surface area contributed by atoms with Gasteiger partial charge < -0.3 is 4.74 Å². The van der Waals surface area contributed by atoms with Gasteiger partial charge in [0, 0.05) is 18.9 Å². The highest BCUT2D eigenvalue weighted by atomic mass is 16.5. The Labute approximate surface area is 231 Å². The topological polar surface area (TPSA) is 43.4 Å². The molecular weight excluding hydrogens is 456 g/mol. The maximum absolute atomic E-state index is 12.1. The van der Waals surface area contributed by atoms with Crippen molar-refractivity contribution in [2.24, 2.45) is 0 Å². The van der Waals surface area contributed by atoms with Crippen LogP contribution in [0.25, 0.3) is 0 Å². The fraction of sp³-hybridized carbons (Fsp3) is 0.882. The fourth-order valence-electron chi connectivity index (χ4n) is 5.54. The van der Waals surface area contributed by atoms with Gasteiger partial charge in [0.25, 0.3) is 0 Å². The first-order valence-corrected chi connectivity index (χ1v) is 16.6. The first-order chi connectivity index (χ1) is 18.1. The lowest BCUT2D eigenvalue weighted by Gasteiger charge is -2.08. The number of esters is 1. The van der Waals surface area contributed by atoms with Crippen LogP contribution in [0, 0.1) is 0 Å². The Morgan fingerprint density at radius 1 is 0.595 bits per heavy atom. The van der Waals surface area contributed by atoms with E-state index in [4.69, 9.17) is 4.74 Å². The van der Waals surface area contributed by atoms with Crippen LogP contribution in [0.5, 0.6) is 0 Å². The smallest absolute Gasteiger partial charge is 0.331 e. The van der Waals surface area contributed by atoms with Gasteiger partial charge in [-0.25, -0.2) is 4.79 Å². The maximum Gasteiger partial charge on any atom is 0.331 e. The summed E-state index contributed by atoms with van der Waals surface area (Å²) in [6.45, 7) is 4.25. The van der Waals surface area contributed by atoms with E-state index in [2.05, 4.69) is 6.92 Å². The molecule has 0 saturated heterocycles. The van der Waals surface area contributed by atoms with Gasteiger partial charge in [0.15, 0.2) is 0 Å². The summed E-state index contributed by atoms with van der Waals surface area (Å²) in [4.78, 5) is 23.3. The Kier molecular flexibility index (Phi) is 23.1. The molecule has 3 nitrogen and oxygen atoms in total. The fourth-order valence-corrected chi connectivity index (χ4v) is 5.54. The molecule has 1 heterocycles. The normalized spacial score (nSPS) is 15.2. The highest BCUT2D eigenvalue weighted by Gasteiger charge is 2.20. The predicted octanol–water partition coefficient (Wildman–Crippen LogP) is 11.0. The molecule has 0 aromatic rings. The summed E-state index contributed by atoms with van der Waals surface area (Å²) in [5.41, 5.74) is 1.17. The van der Waals surface area contributed by atoms with Crippen molar-refractivity contribution >= 4 is 11.8 Å². The number of ether oxygens (including phenoxy) is 1. The van der Waals surface area contributed by atoms with Crippen LogP contribution in [0.3, 0.4) is 0 Å². The van der Waals surface area contributed by atoms with Crippen LogP contribution in [0.15, 0.2) is 11.6 Å². The molecular formula is C34H62O3. The molecule has 1 atom stereocenters. The zero-order valence-corrected chi connectivity index (χ0v) is 25.0. The highest BCUT2D eigenvalue weighted by molar-refractivity contribution is 5.85. The van der Waals surface area contributed by atoms with Crippen LogP contribution in [-0.2, 0) is 14.3 Å². The second-order valence-electron chi connectivity index (χ2n) is 11.7. The molecule has 216 valence electrons. The number of rotatable bonds is 28. The number of hydrogen-bond acceptors (Lipinski definition) is 3. The molecule has 0 aromatic heterocycles. The molecule has 1 aliphatic heterocycles. The van der Waals surface area contributed by atoms with Gasteiger partial charge >= 0.3 is 5.97 Å². The molecule has 37 heavy (non-hydrogen) atoms. The molecule has 1 rings (SSSR count). The summed E-state index contributed by atoms with van der Waals surface area (Å²) in [5, 5.41) is 0. The van der Waals surface area contributed by atoms with Crippen LogP contribution in [0.4, 0.5) is 0 Å². The van der Waals surface area contributed by atoms with E-state index in [0.29, 0.717) is 5.78 Å². The Hall–Kier alpha value is -1.12. The monoisotopic (exact) mass is 518 g/mol. The number of ketones is 1. The third-order valence-corrected chi connectivity index (χ3v) is 8.10. The van der Waals surface area contributed by atoms with Crippen LogP contribution in [0.2, 0.25) is 0 Å². The van der Waals surface area contributed by atoms with Gasteiger partial charge in [-0.05, 0) is 38.2 Å². The van der Waals surface area contributed by atoms with Crippen molar-refractivity contribution in [1.82, 2.24) is 0 Å². The maximum atomic E-state index is 12.1. The van der Waals surface area contributed by atoms with Crippen molar-refractivity contribution in [3.05, 3.63) is 11.6 Å². The van der Waals surface area contributed by atoms with Gasteiger partial charge in [-0.15, -0.1) is 0 Å². The largest absolute Gasteiger partial charge is 0.455 e. The van der Waals surface area contributed by atoms with Crippen molar-refractivity contribution < 1.29 is 14.3 Å². The van der Waals surface area contributed by atoms with E-state index in [0.717, 1.165) is 38.5 Å². The summed E-state index contributed by atoms with van der Waals surface area (Å²) < 4.78 is 5.14. The molecule has 3 heteroatoms. The molecule has 0 N–H and O–H groups in total. The van der Waals surface area contributed by atoms with Crippen molar-refractivity contribution in [3.8, 4) is 0 Å². The van der Waals surface area contributed by atoms with Crippen LogP contribution >= 0.6 is 0 Å². The average molecular weight is 519 g/mol. The highest BCUT2D eigenvalue weighted by Crippen LogP contribution is 2.22. The minimum absolute atomic E-state index is 0.0107. The van der Waals surface area contributed by atoms with Crippen molar-refractivity contribution in [2.45, 2.75) is 193 Å². The molecule has 0 unspecified atom stereocenters. The van der Waals surface area contributed by atoms with Crippen molar-refractivity contribution in [3.63, 3.8) is 0 Å². The first kappa shape index (κ1) is 33.9. The molecule has 0 spiro atoms. The molecule has 0 bridgehead atoms. The molecule has 0 aromatic carbocycles. The van der Waals surface area contributed by atoms with E-state index < -0.39 is 0 Å². The number of cyclic esters (lactones) is 1. The SMILES string of the molecule is CCCCCCCCCCCCCCCCCC(=O)CCCCCCCCCCCC1=CC(=O)O[C@H]1C. The lowest BCUT2D eigenvalue weighted by Crippen LogP contribution is -2.05. The second-order valence-corrected chi connectivity index (χ2v) is 11.7. The zero-order chi connectivity index (χ0) is 26.8. The molecule has 0 radical (unpaired) electrons. The van der Waals surface area contributed by atoms with Gasteiger partial charge in [0.05, 0.1) is 0 Å². The first-order valence-electron chi connectivity index (χ1n) is 16.6. The lowest BCUT2D eigenvalue weighted by molar-refractivity contribution is -0.138. The molecule has 1 aliphatic rings. The minimum atomic E-state index is -0.172.